The number of halogens is 3. The molecule has 0 atom stereocenters. The number of aromatic nitrogens is 3. The van der Waals surface area contributed by atoms with Crippen LogP contribution in [0.3, 0.4) is 0 Å². The van der Waals surface area contributed by atoms with Gasteiger partial charge in [-0.15, -0.1) is 65.2 Å². The van der Waals surface area contributed by atoms with Gasteiger partial charge in [0.1, 0.15) is 0 Å². The molecule has 65 heavy (non-hydrogen) atoms. The topological polar surface area (TPSA) is 38.7 Å². The van der Waals surface area contributed by atoms with Gasteiger partial charge in [-0.05, 0) is 113 Å². The molecule has 0 amide bonds. The van der Waals surface area contributed by atoms with E-state index in [1.807, 2.05) is 30.3 Å². The number of hydrogen-bond acceptors (Lipinski definition) is 3. The molecule has 333 valence electrons. The first-order valence-electron chi connectivity index (χ1n) is 20.9. The number of fused-ring (bicyclic) bond motifs is 6. The van der Waals surface area contributed by atoms with Crippen LogP contribution in [0.1, 0.15) is 86.1 Å². The van der Waals surface area contributed by atoms with E-state index in [9.17, 15) is 13.2 Å². The van der Waals surface area contributed by atoms with Gasteiger partial charge in [-0.2, -0.15) is 0 Å². The predicted octanol–water partition coefficient (Wildman–Crippen LogP) is 14.1. The maximum absolute atomic E-state index is 14.8. The van der Waals surface area contributed by atoms with Gasteiger partial charge in [-0.3, -0.25) is 0 Å². The van der Waals surface area contributed by atoms with Crippen LogP contribution in [0.15, 0.2) is 116 Å². The van der Waals surface area contributed by atoms with Gasteiger partial charge in [0.25, 0.3) is 0 Å². The summed E-state index contributed by atoms with van der Waals surface area (Å²) >= 11 is 0. The molecule has 3 radical (unpaired) electrons. The molecule has 12 rings (SSSR count). The Morgan fingerprint density at radius 1 is 0.446 bits per heavy atom. The largest absolute Gasteiger partial charge is 0.304 e. The maximum atomic E-state index is 14.8. The summed E-state index contributed by atoms with van der Waals surface area (Å²) in [7, 11) is 0. The van der Waals surface area contributed by atoms with Crippen LogP contribution in [0.25, 0.3) is 66.1 Å². The summed E-state index contributed by atoms with van der Waals surface area (Å²) in [6.07, 6.45) is 5.37. The Kier molecular flexibility index (Phi) is 13.0. The molecule has 0 N–H and O–H groups in total. The van der Waals surface area contributed by atoms with Crippen LogP contribution >= 0.6 is 0 Å². The van der Waals surface area contributed by atoms with Gasteiger partial charge in [0.05, 0.1) is 0 Å². The first-order valence-corrected chi connectivity index (χ1v) is 20.9. The van der Waals surface area contributed by atoms with Crippen LogP contribution in [-0.4, -0.2) is 15.0 Å². The molecule has 3 aliphatic carbocycles. The second-order valence-electron chi connectivity index (χ2n) is 18.2. The molecule has 3 heterocycles. The number of pyridine rings is 3. The maximum Gasteiger partial charge on any atom is 0.0488 e. The van der Waals surface area contributed by atoms with Gasteiger partial charge in [0.2, 0.25) is 0 Å². The van der Waals surface area contributed by atoms with Crippen LogP contribution in [0.4, 0.5) is 13.2 Å². The molecule has 0 spiro atoms. The predicted molar refractivity (Wildman–Crippen MR) is 244 cm³/mol. The number of nitrogens with zero attached hydrogens (tertiary/aromatic N) is 3. The van der Waals surface area contributed by atoms with Gasteiger partial charge >= 0.3 is 0 Å². The Hall–Kier alpha value is -4.71. The van der Waals surface area contributed by atoms with E-state index in [1.54, 1.807) is 43.7 Å². The van der Waals surface area contributed by atoms with Gasteiger partial charge < -0.3 is 15.0 Å². The molecule has 3 aromatic heterocycles. The molecule has 0 unspecified atom stereocenters. The van der Waals surface area contributed by atoms with Crippen LogP contribution in [0.2, 0.25) is 0 Å². The van der Waals surface area contributed by atoms with Gasteiger partial charge in [0, 0.05) is 96.4 Å². The monoisotopic (exact) mass is 1390 g/mol. The normalized spacial score (nSPS) is 14.4. The molecule has 3 aliphatic rings. The van der Waals surface area contributed by atoms with Gasteiger partial charge in [0.15, 0.2) is 0 Å². The van der Waals surface area contributed by atoms with E-state index in [2.05, 4.69) is 118 Å². The van der Waals surface area contributed by atoms with E-state index < -0.39 is 5.41 Å². The van der Waals surface area contributed by atoms with E-state index in [0.29, 0.717) is 22.3 Å². The van der Waals surface area contributed by atoms with Crippen molar-refractivity contribution in [3.8, 4) is 33.8 Å². The zero-order chi connectivity index (χ0) is 43.5. The molecule has 9 heteroatoms. The Morgan fingerprint density at radius 2 is 0.877 bits per heavy atom. The number of rotatable bonds is 0. The minimum Gasteiger partial charge on any atom is -0.304 e. The molecule has 3 nitrogen and oxygen atoms in total. The third kappa shape index (κ3) is 7.30. The zero-order valence-electron chi connectivity index (χ0n) is 36.9. The second kappa shape index (κ2) is 17.5. The Bertz CT molecular complexity index is 3350. The number of hydrogen-bond donors (Lipinski definition) is 0. The van der Waals surface area contributed by atoms with E-state index >= 15 is 0 Å². The molecule has 0 aliphatic heterocycles. The van der Waals surface area contributed by atoms with Crippen molar-refractivity contribution in [3.63, 3.8) is 0 Å². The van der Waals surface area contributed by atoms with E-state index in [-0.39, 0.29) is 88.6 Å². The van der Waals surface area contributed by atoms with Crippen LogP contribution in [-0.2, 0) is 76.6 Å². The molecule has 9 aromatic rings. The summed E-state index contributed by atoms with van der Waals surface area (Å²) in [6.45, 7) is 16.3. The fourth-order valence-corrected chi connectivity index (χ4v) is 10.4. The summed E-state index contributed by atoms with van der Waals surface area (Å²) < 4.78 is 43.7. The minimum atomic E-state index is -0.391. The van der Waals surface area contributed by atoms with Crippen molar-refractivity contribution in [2.24, 2.45) is 0 Å². The fraction of sp³-hybridized carbons (Fsp3) is 0.196. The standard InChI is InChI=1S/2C19H15FN.C18H13FN.3Ir/c1-11-7-8-14-16-12(11)9-10-21-18(16)13-5-4-6-15(20)17(13)19(14,2)3;1-11-7-8-13-16(17(11)20)19(2,3)14-6-4-5-12-9-10-21-18(13)15(12)14;1-18(2)13-7-3-5-11-9-10-20-17(15(11)13)12-6-4-8-14(19)16(12)18;;;/h4,6-10H,1-3H3;4-7,9-10H,1-3H3;3-5,7-10H,1-2H3;;;/q3*-1;;;. The van der Waals surface area contributed by atoms with Crippen LogP contribution in [0.5, 0.6) is 0 Å². The van der Waals surface area contributed by atoms with Crippen LogP contribution in [0, 0.1) is 49.5 Å². The quantitative estimate of drug-likeness (QED) is 0.142. The Balaban J connectivity index is 0.000000142. The van der Waals surface area contributed by atoms with E-state index in [1.165, 1.54) is 23.1 Å². The zero-order valence-corrected chi connectivity index (χ0v) is 44.1. The second-order valence-corrected chi connectivity index (χ2v) is 18.2. The van der Waals surface area contributed by atoms with Crippen molar-refractivity contribution in [2.75, 3.05) is 0 Å². The fourth-order valence-electron chi connectivity index (χ4n) is 10.4. The molecule has 6 aromatic carbocycles. The first-order chi connectivity index (χ1) is 29.6. The number of benzene rings is 6. The third-order valence-electron chi connectivity index (χ3n) is 13.5. The van der Waals surface area contributed by atoms with Crippen molar-refractivity contribution in [1.82, 2.24) is 15.0 Å². The Morgan fingerprint density at radius 3 is 1.38 bits per heavy atom. The average Bonchev–Trinajstić information content (AvgIpc) is 3.25. The Labute approximate surface area is 418 Å². The number of aryl methyl sites for hydroxylation is 2. The van der Waals surface area contributed by atoms with Gasteiger partial charge in [-0.25, -0.2) is 13.2 Å². The average molecular weight is 1390 g/mol. The SMILES string of the molecule is CC1(C)c2c([c-]ccc2F)-c2nccc3cccc1c23.Cc1c[c-]c2c(c1F)C(C)(C)c1cccc3ccnc-2c13.Cc1ccc2c3c(nccc13)-c1[c-]ccc(F)c1C2(C)C.[Ir].[Ir].[Ir]. The van der Waals surface area contributed by atoms with Crippen LogP contribution < -0.4 is 0 Å². The molecular weight excluding hydrogens is 1350 g/mol. The summed E-state index contributed by atoms with van der Waals surface area (Å²) in [5.74, 6) is -0.502. The summed E-state index contributed by atoms with van der Waals surface area (Å²) in [5.41, 5.74) is 11.1. The van der Waals surface area contributed by atoms with Gasteiger partial charge in [-0.1, -0.05) is 119 Å². The van der Waals surface area contributed by atoms with Crippen molar-refractivity contribution >= 4 is 32.3 Å². The molecule has 0 saturated carbocycles. The minimum absolute atomic E-state index is 0. The van der Waals surface area contributed by atoms with Crippen molar-refractivity contribution in [3.05, 3.63) is 196 Å². The molecular formula is C56H43F3Ir3N3-3. The van der Waals surface area contributed by atoms with E-state index in [0.717, 1.165) is 77.4 Å². The summed E-state index contributed by atoms with van der Waals surface area (Å²) in [5, 5.41) is 6.85. The first kappa shape index (κ1) is 48.2. The van der Waals surface area contributed by atoms with Crippen molar-refractivity contribution < 1.29 is 73.5 Å². The van der Waals surface area contributed by atoms with Crippen molar-refractivity contribution in [1.29, 1.82) is 0 Å². The summed E-state index contributed by atoms with van der Waals surface area (Å²) in [6, 6.07) is 40.2. The van der Waals surface area contributed by atoms with E-state index in [4.69, 9.17) is 0 Å². The van der Waals surface area contributed by atoms with Crippen molar-refractivity contribution in [2.45, 2.75) is 71.6 Å². The third-order valence-corrected chi connectivity index (χ3v) is 13.5. The smallest absolute Gasteiger partial charge is 0.0488 e. The molecule has 0 saturated heterocycles. The molecule has 0 bridgehead atoms. The molecule has 0 fully saturated rings. The summed E-state index contributed by atoms with van der Waals surface area (Å²) in [4.78, 5) is 13.5.